The molecule has 0 unspecified atom stereocenters. The highest BCUT2D eigenvalue weighted by Crippen LogP contribution is 2.20. The van der Waals surface area contributed by atoms with Gasteiger partial charge in [-0.05, 0) is 31.7 Å². The number of amides is 1. The third-order valence-electron chi connectivity index (χ3n) is 3.33. The third kappa shape index (κ3) is 6.64. The fraction of sp³-hybridized carbons (Fsp3) is 0.923. The van der Waals surface area contributed by atoms with Gasteiger partial charge in [-0.25, -0.2) is 0 Å². The van der Waals surface area contributed by atoms with Crippen molar-refractivity contribution in [2.45, 2.75) is 32.1 Å². The Bertz CT molecular complexity index is 213. The van der Waals surface area contributed by atoms with Gasteiger partial charge in [0.1, 0.15) is 0 Å². The molecule has 0 saturated carbocycles. The number of carbonyl (C=O) groups excluding carboxylic acids is 1. The molecule has 1 N–H and O–H groups in total. The van der Waals surface area contributed by atoms with E-state index in [0.717, 1.165) is 32.1 Å². The summed E-state index contributed by atoms with van der Waals surface area (Å²) in [6, 6.07) is 0. The number of hydrogen-bond acceptors (Lipinski definition) is 3. The third-order valence-corrected chi connectivity index (χ3v) is 3.33. The summed E-state index contributed by atoms with van der Waals surface area (Å²) in [6.45, 7) is 3.30. The van der Waals surface area contributed by atoms with Crippen LogP contribution in [-0.4, -0.2) is 51.2 Å². The lowest BCUT2D eigenvalue weighted by molar-refractivity contribution is -0.127. The van der Waals surface area contributed by atoms with Crippen LogP contribution in [0.15, 0.2) is 0 Å². The molecule has 1 heterocycles. The van der Waals surface area contributed by atoms with E-state index < -0.39 is 0 Å². The van der Waals surface area contributed by atoms with Gasteiger partial charge in [0.25, 0.3) is 0 Å². The monoisotopic (exact) mass is 242 g/mol. The molecule has 0 aromatic rings. The summed E-state index contributed by atoms with van der Waals surface area (Å²) in [5.41, 5.74) is 0. The maximum absolute atomic E-state index is 11.3. The van der Waals surface area contributed by atoms with E-state index in [1.54, 1.807) is 19.0 Å². The zero-order valence-electron chi connectivity index (χ0n) is 11.2. The summed E-state index contributed by atoms with van der Waals surface area (Å²) in [4.78, 5) is 12.9. The smallest absolute Gasteiger partial charge is 0.236 e. The van der Waals surface area contributed by atoms with E-state index in [2.05, 4.69) is 5.32 Å². The summed E-state index contributed by atoms with van der Waals surface area (Å²) < 4.78 is 5.34. The van der Waals surface area contributed by atoms with Crippen LogP contribution in [0.1, 0.15) is 32.1 Å². The van der Waals surface area contributed by atoms with E-state index >= 15 is 0 Å². The van der Waals surface area contributed by atoms with Crippen LogP contribution >= 0.6 is 0 Å². The van der Waals surface area contributed by atoms with Crippen LogP contribution in [0.2, 0.25) is 0 Å². The van der Waals surface area contributed by atoms with Crippen molar-refractivity contribution in [3.05, 3.63) is 0 Å². The molecule has 0 radical (unpaired) electrons. The van der Waals surface area contributed by atoms with Gasteiger partial charge in [0.05, 0.1) is 6.54 Å². The highest BCUT2D eigenvalue weighted by Gasteiger charge is 2.12. The summed E-state index contributed by atoms with van der Waals surface area (Å²) in [5, 5.41) is 3.19. The van der Waals surface area contributed by atoms with Gasteiger partial charge in [-0.3, -0.25) is 4.79 Å². The van der Waals surface area contributed by atoms with Crippen molar-refractivity contribution in [3.8, 4) is 0 Å². The molecule has 1 rings (SSSR count). The molecule has 1 amide bonds. The van der Waals surface area contributed by atoms with Crippen LogP contribution in [0.4, 0.5) is 0 Å². The minimum Gasteiger partial charge on any atom is -0.381 e. The average molecular weight is 242 g/mol. The minimum atomic E-state index is 0.148. The first-order valence-corrected chi connectivity index (χ1v) is 6.68. The SMILES string of the molecule is CN(C)C(=O)CNCCCCC1CCOCC1. The van der Waals surface area contributed by atoms with Crippen molar-refractivity contribution in [2.24, 2.45) is 5.92 Å². The molecule has 17 heavy (non-hydrogen) atoms. The van der Waals surface area contributed by atoms with E-state index in [9.17, 15) is 4.79 Å². The van der Waals surface area contributed by atoms with E-state index in [4.69, 9.17) is 4.74 Å². The molecule has 1 aliphatic rings. The quantitative estimate of drug-likeness (QED) is 0.683. The van der Waals surface area contributed by atoms with Crippen molar-refractivity contribution in [1.29, 1.82) is 0 Å². The summed E-state index contributed by atoms with van der Waals surface area (Å²) in [7, 11) is 3.57. The lowest BCUT2D eigenvalue weighted by atomic mass is 9.94. The molecule has 1 fully saturated rings. The number of nitrogens with one attached hydrogen (secondary N) is 1. The predicted octanol–water partition coefficient (Wildman–Crippen LogP) is 1.26. The van der Waals surface area contributed by atoms with E-state index in [0.29, 0.717) is 6.54 Å². The molecule has 1 aliphatic heterocycles. The van der Waals surface area contributed by atoms with Gasteiger partial charge in [-0.15, -0.1) is 0 Å². The largest absolute Gasteiger partial charge is 0.381 e. The molecule has 1 saturated heterocycles. The molecule has 0 aliphatic carbocycles. The van der Waals surface area contributed by atoms with Gasteiger partial charge < -0.3 is 15.0 Å². The molecule has 4 nitrogen and oxygen atoms in total. The first kappa shape index (κ1) is 14.5. The Morgan fingerprint density at radius 3 is 2.65 bits per heavy atom. The average Bonchev–Trinajstić information content (AvgIpc) is 2.34. The molecule has 100 valence electrons. The predicted molar refractivity (Wildman–Crippen MR) is 69.0 cm³/mol. The summed E-state index contributed by atoms with van der Waals surface area (Å²) in [5.74, 6) is 1.02. The normalized spacial score (nSPS) is 17.1. The summed E-state index contributed by atoms with van der Waals surface area (Å²) >= 11 is 0. The highest BCUT2D eigenvalue weighted by atomic mass is 16.5. The Hall–Kier alpha value is -0.610. The maximum atomic E-state index is 11.3. The molecular weight excluding hydrogens is 216 g/mol. The number of hydrogen-bond donors (Lipinski definition) is 1. The Kier molecular flexibility index (Phi) is 7.21. The molecule has 0 bridgehead atoms. The van der Waals surface area contributed by atoms with Gasteiger partial charge in [0.15, 0.2) is 0 Å². The fourth-order valence-corrected chi connectivity index (χ4v) is 2.07. The van der Waals surface area contributed by atoms with Gasteiger partial charge in [-0.1, -0.05) is 12.8 Å². The van der Waals surface area contributed by atoms with Crippen LogP contribution in [0.25, 0.3) is 0 Å². The van der Waals surface area contributed by atoms with Crippen molar-refractivity contribution in [1.82, 2.24) is 10.2 Å². The van der Waals surface area contributed by atoms with Crippen LogP contribution in [-0.2, 0) is 9.53 Å². The van der Waals surface area contributed by atoms with Crippen LogP contribution in [0.5, 0.6) is 0 Å². The molecule has 0 spiro atoms. The molecule has 0 aromatic carbocycles. The molecule has 0 atom stereocenters. The Morgan fingerprint density at radius 2 is 2.00 bits per heavy atom. The van der Waals surface area contributed by atoms with Gasteiger partial charge >= 0.3 is 0 Å². The topological polar surface area (TPSA) is 41.6 Å². The lowest BCUT2D eigenvalue weighted by Crippen LogP contribution is -2.33. The van der Waals surface area contributed by atoms with Gasteiger partial charge in [0.2, 0.25) is 5.91 Å². The fourth-order valence-electron chi connectivity index (χ4n) is 2.07. The standard InChI is InChI=1S/C13H26N2O2/c1-15(2)13(16)11-14-8-4-3-5-12-6-9-17-10-7-12/h12,14H,3-11H2,1-2H3. The van der Waals surface area contributed by atoms with Crippen molar-refractivity contribution in [3.63, 3.8) is 0 Å². The Balaban J connectivity index is 1.88. The van der Waals surface area contributed by atoms with Crippen molar-refractivity contribution in [2.75, 3.05) is 40.4 Å². The number of carbonyl (C=O) groups is 1. The molecule has 0 aromatic heterocycles. The Labute approximate surface area is 105 Å². The molecule has 4 heteroatoms. The highest BCUT2D eigenvalue weighted by molar-refractivity contribution is 5.77. The van der Waals surface area contributed by atoms with Crippen LogP contribution < -0.4 is 5.32 Å². The molecular formula is C13H26N2O2. The Morgan fingerprint density at radius 1 is 1.29 bits per heavy atom. The number of likely N-dealkylation sites (N-methyl/N-ethyl adjacent to an activating group) is 1. The minimum absolute atomic E-state index is 0.148. The van der Waals surface area contributed by atoms with E-state index in [1.165, 1.54) is 25.7 Å². The van der Waals surface area contributed by atoms with Gasteiger partial charge in [-0.2, -0.15) is 0 Å². The van der Waals surface area contributed by atoms with Crippen molar-refractivity contribution >= 4 is 5.91 Å². The van der Waals surface area contributed by atoms with Crippen molar-refractivity contribution < 1.29 is 9.53 Å². The number of rotatable bonds is 7. The zero-order chi connectivity index (χ0) is 12.5. The lowest BCUT2D eigenvalue weighted by Gasteiger charge is -2.21. The number of ether oxygens (including phenoxy) is 1. The first-order valence-electron chi connectivity index (χ1n) is 6.68. The van der Waals surface area contributed by atoms with E-state index in [1.807, 2.05) is 0 Å². The van der Waals surface area contributed by atoms with E-state index in [-0.39, 0.29) is 5.91 Å². The maximum Gasteiger partial charge on any atom is 0.236 e. The van der Waals surface area contributed by atoms with Crippen LogP contribution in [0, 0.1) is 5.92 Å². The first-order chi connectivity index (χ1) is 8.20. The second kappa shape index (κ2) is 8.48. The second-order valence-corrected chi connectivity index (χ2v) is 5.02. The summed E-state index contributed by atoms with van der Waals surface area (Å²) in [6.07, 6.45) is 6.19. The zero-order valence-corrected chi connectivity index (χ0v) is 11.2. The van der Waals surface area contributed by atoms with Gasteiger partial charge in [0, 0.05) is 27.3 Å². The number of unbranched alkanes of at least 4 members (excludes halogenated alkanes) is 1. The second-order valence-electron chi connectivity index (χ2n) is 5.02. The van der Waals surface area contributed by atoms with Crippen LogP contribution in [0.3, 0.4) is 0 Å². The number of nitrogens with zero attached hydrogens (tertiary/aromatic N) is 1.